The highest BCUT2D eigenvalue weighted by atomic mass is 32.2. The first-order chi connectivity index (χ1) is 15.5. The van der Waals surface area contributed by atoms with Crippen molar-refractivity contribution in [2.24, 2.45) is 4.36 Å². The average Bonchev–Trinajstić information content (AvgIpc) is 3.45. The molecule has 10 heteroatoms. The van der Waals surface area contributed by atoms with Crippen LogP contribution in [0.1, 0.15) is 30.7 Å². The van der Waals surface area contributed by atoms with Crippen molar-refractivity contribution in [3.63, 3.8) is 0 Å². The SMILES string of the molecule is CN=S1(=O)CCCC1c1cc(N2CCOC[C@H]2C)nc(-c2cc(OC)nc3[nH]ccc23)n1. The normalized spacial score (nSPS) is 25.9. The molecule has 2 aliphatic heterocycles. The van der Waals surface area contributed by atoms with Crippen LogP contribution in [-0.4, -0.2) is 69.9 Å². The maximum absolute atomic E-state index is 13.5. The molecule has 0 amide bonds. The van der Waals surface area contributed by atoms with E-state index in [-0.39, 0.29) is 11.3 Å². The monoisotopic (exact) mass is 456 g/mol. The molecule has 170 valence electrons. The molecule has 0 aromatic carbocycles. The molecule has 5 rings (SSSR count). The molecule has 2 saturated heterocycles. The van der Waals surface area contributed by atoms with Gasteiger partial charge >= 0.3 is 0 Å². The third-order valence-corrected chi connectivity index (χ3v) is 9.19. The van der Waals surface area contributed by atoms with Crippen LogP contribution in [0.5, 0.6) is 5.88 Å². The predicted octanol–water partition coefficient (Wildman–Crippen LogP) is 3.19. The van der Waals surface area contributed by atoms with Crippen LogP contribution in [0.3, 0.4) is 0 Å². The van der Waals surface area contributed by atoms with E-state index in [2.05, 4.69) is 26.2 Å². The molecule has 32 heavy (non-hydrogen) atoms. The highest BCUT2D eigenvalue weighted by Crippen LogP contribution is 2.38. The number of aromatic nitrogens is 4. The first-order valence-corrected chi connectivity index (χ1v) is 12.6. The van der Waals surface area contributed by atoms with Crippen molar-refractivity contribution < 1.29 is 13.7 Å². The summed E-state index contributed by atoms with van der Waals surface area (Å²) in [5.74, 6) is 2.50. The van der Waals surface area contributed by atoms with Gasteiger partial charge in [0.1, 0.15) is 11.5 Å². The van der Waals surface area contributed by atoms with Crippen LogP contribution in [0.4, 0.5) is 5.82 Å². The van der Waals surface area contributed by atoms with Gasteiger partial charge in [-0.1, -0.05) is 0 Å². The molecule has 3 aromatic heterocycles. The quantitative estimate of drug-likeness (QED) is 0.643. The van der Waals surface area contributed by atoms with Gasteiger partial charge in [-0.25, -0.2) is 18.5 Å². The second-order valence-electron chi connectivity index (χ2n) is 8.25. The number of H-pyrrole nitrogens is 1. The smallest absolute Gasteiger partial charge is 0.215 e. The molecule has 1 N–H and O–H groups in total. The Labute approximate surface area is 187 Å². The summed E-state index contributed by atoms with van der Waals surface area (Å²) >= 11 is 0. The second-order valence-corrected chi connectivity index (χ2v) is 11.0. The zero-order chi connectivity index (χ0) is 22.3. The molecule has 2 fully saturated rings. The van der Waals surface area contributed by atoms with E-state index in [4.69, 9.17) is 19.4 Å². The van der Waals surface area contributed by atoms with Crippen LogP contribution >= 0.6 is 0 Å². The number of fused-ring (bicyclic) bond motifs is 1. The Bertz CT molecular complexity index is 1270. The Hall–Kier alpha value is -2.72. The number of nitrogens with zero attached hydrogens (tertiary/aromatic N) is 5. The lowest BCUT2D eigenvalue weighted by Gasteiger charge is -2.34. The van der Waals surface area contributed by atoms with E-state index in [1.54, 1.807) is 14.2 Å². The van der Waals surface area contributed by atoms with E-state index >= 15 is 0 Å². The number of hydrogen-bond acceptors (Lipinski definition) is 8. The zero-order valence-electron chi connectivity index (χ0n) is 18.6. The Balaban J connectivity index is 1.72. The van der Waals surface area contributed by atoms with Gasteiger partial charge in [0.15, 0.2) is 5.82 Å². The second kappa shape index (κ2) is 8.32. The van der Waals surface area contributed by atoms with Crippen molar-refractivity contribution >= 4 is 26.6 Å². The molecule has 0 aliphatic carbocycles. The molecule has 0 spiro atoms. The maximum Gasteiger partial charge on any atom is 0.215 e. The summed E-state index contributed by atoms with van der Waals surface area (Å²) in [6.45, 7) is 4.16. The predicted molar refractivity (Wildman–Crippen MR) is 125 cm³/mol. The number of ether oxygens (including phenoxy) is 2. The minimum atomic E-state index is -2.34. The molecule has 0 bridgehead atoms. The van der Waals surface area contributed by atoms with E-state index in [0.29, 0.717) is 36.3 Å². The van der Waals surface area contributed by atoms with Gasteiger partial charge in [0.05, 0.1) is 47.0 Å². The van der Waals surface area contributed by atoms with E-state index < -0.39 is 9.73 Å². The van der Waals surface area contributed by atoms with E-state index in [0.717, 1.165) is 41.8 Å². The van der Waals surface area contributed by atoms with E-state index in [1.807, 2.05) is 24.4 Å². The summed E-state index contributed by atoms with van der Waals surface area (Å²) < 4.78 is 28.8. The highest BCUT2D eigenvalue weighted by Gasteiger charge is 2.33. The van der Waals surface area contributed by atoms with E-state index in [9.17, 15) is 4.21 Å². The minimum absolute atomic E-state index is 0.183. The van der Waals surface area contributed by atoms with Crippen LogP contribution in [0.25, 0.3) is 22.4 Å². The third kappa shape index (κ3) is 3.61. The fraction of sp³-hybridized carbons (Fsp3) is 0.500. The van der Waals surface area contributed by atoms with Crippen LogP contribution < -0.4 is 9.64 Å². The average molecular weight is 457 g/mol. The van der Waals surface area contributed by atoms with Gasteiger partial charge in [-0.2, -0.15) is 4.98 Å². The number of methoxy groups -OCH3 is 1. The Kier molecular flexibility index (Phi) is 5.50. The summed E-state index contributed by atoms with van der Waals surface area (Å²) in [7, 11) is 0.909. The number of nitrogens with one attached hydrogen (secondary N) is 1. The molecular formula is C22H28N6O3S. The van der Waals surface area contributed by atoms with Crippen molar-refractivity contribution in [2.45, 2.75) is 31.1 Å². The van der Waals surface area contributed by atoms with Crippen LogP contribution in [0.2, 0.25) is 0 Å². The zero-order valence-corrected chi connectivity index (χ0v) is 19.4. The summed E-state index contributed by atoms with van der Waals surface area (Å²) in [6.07, 6.45) is 3.54. The van der Waals surface area contributed by atoms with Crippen molar-refractivity contribution in [1.82, 2.24) is 19.9 Å². The summed E-state index contributed by atoms with van der Waals surface area (Å²) in [6, 6.07) is 6.00. The van der Waals surface area contributed by atoms with Crippen LogP contribution in [0, 0.1) is 0 Å². The summed E-state index contributed by atoms with van der Waals surface area (Å²) in [4.78, 5) is 19.8. The molecule has 9 nitrogen and oxygen atoms in total. The summed E-state index contributed by atoms with van der Waals surface area (Å²) in [5.41, 5.74) is 2.33. The lowest BCUT2D eigenvalue weighted by Crippen LogP contribution is -2.44. The summed E-state index contributed by atoms with van der Waals surface area (Å²) in [5, 5.41) is 0.714. The number of morpholine rings is 1. The van der Waals surface area contributed by atoms with Gasteiger partial charge in [0, 0.05) is 48.6 Å². The molecule has 0 saturated carbocycles. The van der Waals surface area contributed by atoms with Gasteiger partial charge < -0.3 is 19.4 Å². The fourth-order valence-corrected chi connectivity index (χ4v) is 6.95. The number of anilines is 1. The van der Waals surface area contributed by atoms with Crippen LogP contribution in [0.15, 0.2) is 28.8 Å². The van der Waals surface area contributed by atoms with Crippen LogP contribution in [-0.2, 0) is 14.5 Å². The van der Waals surface area contributed by atoms with Crippen molar-refractivity contribution in [2.75, 3.05) is 44.6 Å². The molecule has 0 radical (unpaired) electrons. The Morgan fingerprint density at radius 3 is 2.97 bits per heavy atom. The van der Waals surface area contributed by atoms with Crippen molar-refractivity contribution in [3.05, 3.63) is 30.1 Å². The molecule has 5 heterocycles. The van der Waals surface area contributed by atoms with Crippen molar-refractivity contribution in [3.8, 4) is 17.3 Å². The molecule has 3 atom stereocenters. The number of aromatic amines is 1. The first-order valence-electron chi connectivity index (χ1n) is 10.9. The Morgan fingerprint density at radius 1 is 1.31 bits per heavy atom. The van der Waals surface area contributed by atoms with E-state index in [1.165, 1.54) is 0 Å². The molecule has 2 unspecified atom stereocenters. The lowest BCUT2D eigenvalue weighted by molar-refractivity contribution is 0.0985. The fourth-order valence-electron chi connectivity index (χ4n) is 4.61. The van der Waals surface area contributed by atoms with Gasteiger partial charge in [-0.05, 0) is 25.8 Å². The lowest BCUT2D eigenvalue weighted by atomic mass is 10.1. The number of pyridine rings is 1. The van der Waals surface area contributed by atoms with Gasteiger partial charge in [0.2, 0.25) is 5.88 Å². The van der Waals surface area contributed by atoms with Crippen molar-refractivity contribution in [1.29, 1.82) is 0 Å². The maximum atomic E-state index is 13.5. The Morgan fingerprint density at radius 2 is 2.19 bits per heavy atom. The number of hydrogen-bond donors (Lipinski definition) is 1. The van der Waals surface area contributed by atoms with Gasteiger partial charge in [0.25, 0.3) is 0 Å². The standard InChI is InChI=1S/C22H28N6O3S/c1-14-13-31-9-8-28(14)19-12-17(18-5-4-10-32(18,29)23-2)25-22(26-19)16-11-20(30-3)27-21-15(16)6-7-24-21/h6-7,11-12,14,18H,4-5,8-10,13H2,1-3H3,(H,24,27)/t14-,18?,32?/m1/s1. The molecule has 3 aromatic rings. The van der Waals surface area contributed by atoms with Gasteiger partial charge in [-0.15, -0.1) is 0 Å². The topological polar surface area (TPSA) is 106 Å². The first kappa shape index (κ1) is 21.1. The largest absolute Gasteiger partial charge is 0.481 e. The highest BCUT2D eigenvalue weighted by molar-refractivity contribution is 7.94. The minimum Gasteiger partial charge on any atom is -0.481 e. The third-order valence-electron chi connectivity index (χ3n) is 6.34. The molecule has 2 aliphatic rings. The molecular weight excluding hydrogens is 428 g/mol. The van der Waals surface area contributed by atoms with Gasteiger partial charge in [-0.3, -0.25) is 0 Å². The number of rotatable bonds is 4.